The molecule has 2 N–H and O–H groups in total. The highest BCUT2D eigenvalue weighted by molar-refractivity contribution is 7.86. The smallest absolute Gasteiger partial charge is 0.282 e. The largest absolute Gasteiger partial charge is 0.296 e. The van der Waals surface area contributed by atoms with Gasteiger partial charge >= 0.3 is 0 Å². The molecule has 3 aromatic rings. The Morgan fingerprint density at radius 3 is 1.33 bits per heavy atom. The lowest BCUT2D eigenvalue weighted by atomic mass is 10.3. The summed E-state index contributed by atoms with van der Waals surface area (Å²) in [5.41, 5.74) is 0. The van der Waals surface area contributed by atoms with Crippen LogP contribution in [-0.4, -0.2) is 25.9 Å². The number of rotatable bonds is 5. The predicted molar refractivity (Wildman–Crippen MR) is 120 cm³/mol. The molecule has 0 heterocycles. The summed E-state index contributed by atoms with van der Waals surface area (Å²) in [6.45, 7) is 0. The van der Waals surface area contributed by atoms with Gasteiger partial charge in [0, 0.05) is 5.02 Å². The Hall–Kier alpha value is -1.22. The summed E-state index contributed by atoms with van der Waals surface area (Å²) in [5.74, 6) is 0. The van der Waals surface area contributed by atoms with E-state index in [1.54, 1.807) is 36.4 Å². The Kier molecular flexibility index (Phi) is 6.82. The highest BCUT2D eigenvalue weighted by Crippen LogP contribution is 2.36. The van der Waals surface area contributed by atoms with Gasteiger partial charge in [-0.15, -0.1) is 0 Å². The van der Waals surface area contributed by atoms with E-state index < -0.39 is 37.9 Å². The molecule has 12 heteroatoms. The summed E-state index contributed by atoms with van der Waals surface area (Å²) in [7, 11) is -10.7. The van der Waals surface area contributed by atoms with Crippen molar-refractivity contribution in [2.75, 3.05) is 0 Å². The Morgan fingerprint density at radius 1 is 0.600 bits per heavy atom. The fraction of sp³-hybridized carbons (Fsp3) is 0. The van der Waals surface area contributed by atoms with Crippen LogP contribution in [0.15, 0.2) is 70.5 Å². The molecular weight excluding hydrogens is 514 g/mol. The maximum absolute atomic E-state index is 11.7. The second-order valence-electron chi connectivity index (χ2n) is 5.99. The van der Waals surface area contributed by atoms with E-state index in [2.05, 4.69) is 0 Å². The molecule has 6 nitrogen and oxygen atoms in total. The summed E-state index contributed by atoms with van der Waals surface area (Å²) < 4.78 is 65.8. The SMILES string of the molecule is O=S(=O)(O)c1cc(P(c2ccc(Cl)cc2)c2ccc(Cl)c(S(=O)(=O)O)c2)ccc1Cl. The molecule has 3 aromatic carbocycles. The standard InChI is InChI=1S/C18H12Cl3O6PS2/c19-11-1-3-12(4-2-11)28(13-5-7-15(20)17(9-13)29(22,23)24)14-6-8-16(21)18(10-14)30(25,26)27/h1-10H,(H,22,23,24)(H,25,26,27). The number of benzene rings is 3. The van der Waals surface area contributed by atoms with Crippen LogP contribution in [0.4, 0.5) is 0 Å². The van der Waals surface area contributed by atoms with Crippen molar-refractivity contribution in [3.8, 4) is 0 Å². The van der Waals surface area contributed by atoms with E-state index in [0.29, 0.717) is 20.9 Å². The molecule has 0 atom stereocenters. The van der Waals surface area contributed by atoms with E-state index in [1.807, 2.05) is 0 Å². The van der Waals surface area contributed by atoms with Crippen molar-refractivity contribution in [2.45, 2.75) is 9.79 Å². The molecule has 158 valence electrons. The topological polar surface area (TPSA) is 109 Å². The molecule has 0 amide bonds. The van der Waals surface area contributed by atoms with Crippen molar-refractivity contribution < 1.29 is 25.9 Å². The van der Waals surface area contributed by atoms with Crippen LogP contribution in [-0.2, 0) is 20.2 Å². The van der Waals surface area contributed by atoms with Crippen molar-refractivity contribution in [2.24, 2.45) is 0 Å². The molecular formula is C18H12Cl3O6PS2. The van der Waals surface area contributed by atoms with Gasteiger partial charge in [0.2, 0.25) is 0 Å². The minimum atomic E-state index is -4.60. The third-order valence-corrected chi connectivity index (χ3v) is 9.31. The van der Waals surface area contributed by atoms with Gasteiger partial charge in [0.15, 0.2) is 0 Å². The summed E-state index contributed by atoms with van der Waals surface area (Å²) >= 11 is 17.8. The van der Waals surface area contributed by atoms with Gasteiger partial charge in [0.05, 0.1) is 10.0 Å². The van der Waals surface area contributed by atoms with Crippen molar-refractivity contribution in [1.29, 1.82) is 0 Å². The zero-order valence-electron chi connectivity index (χ0n) is 14.7. The zero-order valence-corrected chi connectivity index (χ0v) is 19.5. The third kappa shape index (κ3) is 5.15. The van der Waals surface area contributed by atoms with E-state index in [4.69, 9.17) is 34.8 Å². The highest BCUT2D eigenvalue weighted by Gasteiger charge is 2.24. The van der Waals surface area contributed by atoms with E-state index in [-0.39, 0.29) is 10.0 Å². The molecule has 0 fully saturated rings. The molecule has 3 rings (SSSR count). The molecule has 0 radical (unpaired) electrons. The van der Waals surface area contributed by atoms with Gasteiger partial charge in [-0.1, -0.05) is 59.1 Å². The number of hydrogen-bond donors (Lipinski definition) is 2. The lowest BCUT2D eigenvalue weighted by Crippen LogP contribution is -2.22. The highest BCUT2D eigenvalue weighted by atomic mass is 35.5. The lowest BCUT2D eigenvalue weighted by Gasteiger charge is -2.21. The van der Waals surface area contributed by atoms with Crippen LogP contribution in [0.3, 0.4) is 0 Å². The van der Waals surface area contributed by atoms with Crippen LogP contribution in [0.1, 0.15) is 0 Å². The first-order chi connectivity index (χ1) is 13.9. The van der Waals surface area contributed by atoms with E-state index in [0.717, 1.165) is 0 Å². The summed E-state index contributed by atoms with van der Waals surface area (Å²) in [6.07, 6.45) is 0. The van der Waals surface area contributed by atoms with Gasteiger partial charge in [-0.3, -0.25) is 9.11 Å². The average Bonchev–Trinajstić information content (AvgIpc) is 2.64. The molecule has 0 bridgehead atoms. The van der Waals surface area contributed by atoms with E-state index in [1.165, 1.54) is 24.3 Å². The van der Waals surface area contributed by atoms with Crippen LogP contribution in [0, 0.1) is 0 Å². The average molecular weight is 526 g/mol. The van der Waals surface area contributed by atoms with Crippen LogP contribution < -0.4 is 15.9 Å². The summed E-state index contributed by atoms with van der Waals surface area (Å²) in [6, 6.07) is 14.9. The van der Waals surface area contributed by atoms with Gasteiger partial charge in [-0.25, -0.2) is 0 Å². The van der Waals surface area contributed by atoms with Crippen LogP contribution in [0.2, 0.25) is 15.1 Å². The summed E-state index contributed by atoms with van der Waals surface area (Å²) in [4.78, 5) is -0.959. The molecule has 0 aliphatic heterocycles. The first-order valence-corrected chi connectivity index (χ1v) is 13.3. The van der Waals surface area contributed by atoms with Crippen molar-refractivity contribution in [3.05, 3.63) is 75.7 Å². The molecule has 30 heavy (non-hydrogen) atoms. The molecule has 0 aliphatic rings. The monoisotopic (exact) mass is 524 g/mol. The maximum atomic E-state index is 11.7. The van der Waals surface area contributed by atoms with Gasteiger partial charge in [0.25, 0.3) is 20.2 Å². The lowest BCUT2D eigenvalue weighted by molar-refractivity contribution is 0.481. The molecule has 0 saturated heterocycles. The minimum absolute atomic E-state index is 0.165. The van der Waals surface area contributed by atoms with E-state index in [9.17, 15) is 25.9 Å². The van der Waals surface area contributed by atoms with Gasteiger partial charge in [-0.05, 0) is 60.2 Å². The molecule has 0 saturated carbocycles. The fourth-order valence-electron chi connectivity index (χ4n) is 2.69. The molecule has 0 aromatic heterocycles. The van der Waals surface area contributed by atoms with Gasteiger partial charge in [0.1, 0.15) is 9.79 Å². The van der Waals surface area contributed by atoms with Crippen LogP contribution in [0.25, 0.3) is 0 Å². The van der Waals surface area contributed by atoms with Crippen molar-refractivity contribution >= 4 is 78.9 Å². The molecule has 0 aliphatic carbocycles. The third-order valence-electron chi connectivity index (χ3n) is 3.99. The molecule has 0 unspecified atom stereocenters. The first-order valence-electron chi connectivity index (χ1n) is 7.98. The van der Waals surface area contributed by atoms with Crippen molar-refractivity contribution in [3.63, 3.8) is 0 Å². The first kappa shape index (κ1) is 23.4. The maximum Gasteiger partial charge on any atom is 0.296 e. The quantitative estimate of drug-likeness (QED) is 0.386. The summed E-state index contributed by atoms with van der Waals surface area (Å²) in [5, 5.41) is 1.74. The van der Waals surface area contributed by atoms with E-state index >= 15 is 0 Å². The normalized spacial score (nSPS) is 12.3. The number of halogens is 3. The van der Waals surface area contributed by atoms with Gasteiger partial charge in [-0.2, -0.15) is 16.8 Å². The Morgan fingerprint density at radius 2 is 0.967 bits per heavy atom. The number of hydrogen-bond acceptors (Lipinski definition) is 4. The Labute approximate surface area is 189 Å². The minimum Gasteiger partial charge on any atom is -0.282 e. The Balaban J connectivity index is 2.30. The Bertz CT molecular complexity index is 1250. The predicted octanol–water partition coefficient (Wildman–Crippen LogP) is 3.90. The second kappa shape index (κ2) is 8.73. The van der Waals surface area contributed by atoms with Gasteiger partial charge < -0.3 is 0 Å². The van der Waals surface area contributed by atoms with Crippen LogP contribution in [0.5, 0.6) is 0 Å². The van der Waals surface area contributed by atoms with Crippen molar-refractivity contribution in [1.82, 2.24) is 0 Å². The van der Waals surface area contributed by atoms with Crippen LogP contribution >= 0.6 is 42.7 Å². The fourth-order valence-corrected chi connectivity index (χ4v) is 7.30. The molecule has 0 spiro atoms. The zero-order chi connectivity index (χ0) is 22.3. The second-order valence-corrected chi connectivity index (χ2v) is 12.2.